The Bertz CT molecular complexity index is 920. The third-order valence-electron chi connectivity index (χ3n) is 7.51. The van der Waals surface area contributed by atoms with E-state index in [1.807, 2.05) is 6.20 Å². The Hall–Kier alpha value is -1.14. The van der Waals surface area contributed by atoms with Crippen molar-refractivity contribution in [2.45, 2.75) is 57.1 Å². The number of rotatable bonds is 10. The number of piperidine rings is 3. The van der Waals surface area contributed by atoms with Gasteiger partial charge in [-0.2, -0.15) is 0 Å². The van der Waals surface area contributed by atoms with E-state index in [0.717, 1.165) is 31.1 Å². The molecule has 8 heteroatoms. The zero-order valence-corrected chi connectivity index (χ0v) is 23.0. The van der Waals surface area contributed by atoms with Crippen molar-refractivity contribution < 1.29 is 17.7 Å². The Morgan fingerprint density at radius 3 is 2.42 bits per heavy atom. The van der Waals surface area contributed by atoms with Crippen LogP contribution in [0.5, 0.6) is 0 Å². The van der Waals surface area contributed by atoms with Gasteiger partial charge in [-0.15, -0.1) is 0 Å². The molecule has 2 aromatic rings. The molecular formula is C25H40N2O4Si2. The Morgan fingerprint density at radius 2 is 1.79 bits per heavy atom. The maximum Gasteiger partial charge on any atom is 0.500 e. The van der Waals surface area contributed by atoms with Crippen LogP contribution >= 0.6 is 0 Å². The van der Waals surface area contributed by atoms with Crippen LogP contribution in [0, 0.1) is 11.8 Å². The third-order valence-corrected chi connectivity index (χ3v) is 11.2. The van der Waals surface area contributed by atoms with Gasteiger partial charge in [0.1, 0.15) is 0 Å². The van der Waals surface area contributed by atoms with Crippen LogP contribution in [-0.2, 0) is 17.7 Å². The quantitative estimate of drug-likeness (QED) is 0.433. The van der Waals surface area contributed by atoms with Crippen LogP contribution in [0.25, 0.3) is 10.9 Å². The predicted molar refractivity (Wildman–Crippen MR) is 137 cm³/mol. The van der Waals surface area contributed by atoms with E-state index in [0.29, 0.717) is 17.9 Å². The topological polar surface area (TPSA) is 53.1 Å². The molecule has 4 heterocycles. The molecule has 3 saturated heterocycles. The van der Waals surface area contributed by atoms with Gasteiger partial charge in [-0.25, -0.2) is 0 Å². The molecule has 1 aromatic carbocycles. The lowest BCUT2D eigenvalue weighted by molar-refractivity contribution is -0.0515. The van der Waals surface area contributed by atoms with Crippen molar-refractivity contribution >= 4 is 28.0 Å². The normalized spacial score (nSPS) is 26.6. The number of hydrogen-bond donors (Lipinski definition) is 0. The van der Waals surface area contributed by atoms with Crippen LogP contribution < -0.4 is 0 Å². The van der Waals surface area contributed by atoms with E-state index in [1.165, 1.54) is 23.8 Å². The van der Waals surface area contributed by atoms with E-state index < -0.39 is 17.1 Å². The van der Waals surface area contributed by atoms with E-state index in [4.69, 9.17) is 17.7 Å². The Balaban J connectivity index is 1.57. The molecule has 3 aliphatic heterocycles. The van der Waals surface area contributed by atoms with E-state index >= 15 is 0 Å². The molecule has 0 radical (unpaired) electrons. The molecule has 0 spiro atoms. The monoisotopic (exact) mass is 488 g/mol. The van der Waals surface area contributed by atoms with Crippen molar-refractivity contribution in [1.29, 1.82) is 0 Å². The first-order valence-electron chi connectivity index (χ1n) is 12.2. The molecule has 0 N–H and O–H groups in total. The van der Waals surface area contributed by atoms with Gasteiger partial charge in [0.15, 0.2) is 8.32 Å². The average molecular weight is 489 g/mol. The lowest BCUT2D eigenvalue weighted by Gasteiger charge is -2.53. The summed E-state index contributed by atoms with van der Waals surface area (Å²) in [7, 11) is 0.842. The van der Waals surface area contributed by atoms with E-state index in [-0.39, 0.29) is 6.10 Å². The van der Waals surface area contributed by atoms with E-state index in [9.17, 15) is 0 Å². The number of fused-ring (bicyclic) bond motifs is 4. The smallest absolute Gasteiger partial charge is 0.409 e. The molecular weight excluding hydrogens is 448 g/mol. The SMILES string of the molecule is CO[Si](CC[C@H]1CN2CC[C@H]1C[C@H]2[C@H](O[Si](C)(C)C)c1ccnc2ccccc12)(OC)OC. The second kappa shape index (κ2) is 10.2. The Kier molecular flexibility index (Phi) is 7.74. The van der Waals surface area contributed by atoms with Gasteiger partial charge in [-0.05, 0) is 75.0 Å². The van der Waals surface area contributed by atoms with Crippen molar-refractivity contribution in [2.24, 2.45) is 11.8 Å². The number of nitrogens with zero attached hydrogens (tertiary/aromatic N) is 2. The summed E-state index contributed by atoms with van der Waals surface area (Å²) in [6, 6.07) is 11.9. The fourth-order valence-electron chi connectivity index (χ4n) is 5.84. The summed E-state index contributed by atoms with van der Waals surface area (Å²) in [5.41, 5.74) is 2.34. The van der Waals surface area contributed by atoms with Crippen molar-refractivity contribution in [2.75, 3.05) is 34.4 Å². The summed E-state index contributed by atoms with van der Waals surface area (Å²) in [5.74, 6) is 1.36. The minimum atomic E-state index is -2.53. The van der Waals surface area contributed by atoms with Gasteiger partial charge in [-0.1, -0.05) is 18.2 Å². The maximum absolute atomic E-state index is 6.94. The predicted octanol–water partition coefficient (Wildman–Crippen LogP) is 5.11. The largest absolute Gasteiger partial charge is 0.500 e. The molecule has 3 aliphatic rings. The van der Waals surface area contributed by atoms with Crippen LogP contribution in [0.3, 0.4) is 0 Å². The van der Waals surface area contributed by atoms with E-state index in [1.54, 1.807) is 21.3 Å². The zero-order valence-electron chi connectivity index (χ0n) is 21.0. The van der Waals surface area contributed by atoms with Crippen molar-refractivity contribution in [3.8, 4) is 0 Å². The molecule has 0 amide bonds. The van der Waals surface area contributed by atoms with Gasteiger partial charge in [-0.3, -0.25) is 9.88 Å². The maximum atomic E-state index is 6.94. The van der Waals surface area contributed by atoms with Crippen molar-refractivity contribution in [3.05, 3.63) is 42.1 Å². The molecule has 0 aliphatic carbocycles. The molecule has 5 rings (SSSR count). The van der Waals surface area contributed by atoms with Gasteiger partial charge < -0.3 is 17.7 Å². The van der Waals surface area contributed by atoms with Gasteiger partial charge >= 0.3 is 8.80 Å². The number of pyridine rings is 1. The second-order valence-corrected chi connectivity index (χ2v) is 18.1. The Labute approximate surface area is 201 Å². The summed E-state index contributed by atoms with van der Waals surface area (Å²) in [5, 5.41) is 1.22. The second-order valence-electron chi connectivity index (χ2n) is 10.5. The highest BCUT2D eigenvalue weighted by molar-refractivity contribution is 6.69. The third kappa shape index (κ3) is 5.42. The number of benzene rings is 1. The summed E-state index contributed by atoms with van der Waals surface area (Å²) >= 11 is 0. The van der Waals surface area contributed by atoms with Crippen LogP contribution in [0.2, 0.25) is 25.7 Å². The lowest BCUT2D eigenvalue weighted by Crippen LogP contribution is -2.57. The minimum absolute atomic E-state index is 0.0821. The molecule has 2 bridgehead atoms. The summed E-state index contributed by atoms with van der Waals surface area (Å²) in [4.78, 5) is 7.30. The first-order valence-corrected chi connectivity index (χ1v) is 17.5. The number of hydrogen-bond acceptors (Lipinski definition) is 6. The molecule has 1 unspecified atom stereocenters. The van der Waals surface area contributed by atoms with Crippen LogP contribution in [0.15, 0.2) is 36.5 Å². The fraction of sp³-hybridized carbons (Fsp3) is 0.640. The standard InChI is InChI=1S/C25H40N2O4Si2/c1-28-33(29-2,30-3)16-13-20-18-27-15-12-19(20)17-24(27)25(31-32(4,5)6)22-11-14-26-23-10-8-7-9-21(22)23/h7-11,14,19-20,24-25H,12-13,15-18H2,1-6H3/t19-,20-,24-,25+/m0/s1. The summed E-state index contributed by atoms with van der Waals surface area (Å²) in [6.45, 7) is 9.17. The van der Waals surface area contributed by atoms with Gasteiger partial charge in [0, 0.05) is 51.5 Å². The summed E-state index contributed by atoms with van der Waals surface area (Å²) < 4.78 is 24.0. The van der Waals surface area contributed by atoms with E-state index in [2.05, 4.69) is 59.9 Å². The van der Waals surface area contributed by atoms with Crippen LogP contribution in [0.1, 0.15) is 30.9 Å². The molecule has 182 valence electrons. The molecule has 6 nitrogen and oxygen atoms in total. The van der Waals surface area contributed by atoms with Crippen molar-refractivity contribution in [1.82, 2.24) is 9.88 Å². The van der Waals surface area contributed by atoms with Gasteiger partial charge in [0.25, 0.3) is 0 Å². The molecule has 0 saturated carbocycles. The van der Waals surface area contributed by atoms with Gasteiger partial charge in [0.05, 0.1) is 11.6 Å². The minimum Gasteiger partial charge on any atom is -0.409 e. The highest BCUT2D eigenvalue weighted by atomic mass is 28.4. The van der Waals surface area contributed by atoms with Gasteiger partial charge in [0.2, 0.25) is 0 Å². The average Bonchev–Trinajstić information content (AvgIpc) is 2.83. The van der Waals surface area contributed by atoms with Crippen LogP contribution in [0.4, 0.5) is 0 Å². The molecule has 5 atom stereocenters. The fourth-order valence-corrected chi connectivity index (χ4v) is 8.72. The first kappa shape index (κ1) is 25.0. The summed E-state index contributed by atoms with van der Waals surface area (Å²) in [6.07, 6.45) is 5.56. The number of aromatic nitrogens is 1. The molecule has 1 aromatic heterocycles. The molecule has 3 fully saturated rings. The highest BCUT2D eigenvalue weighted by Crippen LogP contribution is 2.45. The molecule has 33 heavy (non-hydrogen) atoms. The highest BCUT2D eigenvalue weighted by Gasteiger charge is 2.46. The Morgan fingerprint density at radius 1 is 1.06 bits per heavy atom. The number of para-hydroxylation sites is 1. The van der Waals surface area contributed by atoms with Crippen molar-refractivity contribution in [3.63, 3.8) is 0 Å². The zero-order chi connectivity index (χ0) is 23.6. The van der Waals surface area contributed by atoms with Crippen LogP contribution in [-0.4, -0.2) is 67.5 Å². The first-order chi connectivity index (χ1) is 15.8. The lowest BCUT2D eigenvalue weighted by atomic mass is 9.72.